The minimum atomic E-state index is -0.811. The number of nitrogens with one attached hydrogen (secondary N) is 2. The lowest BCUT2D eigenvalue weighted by molar-refractivity contribution is -0.147. The van der Waals surface area contributed by atoms with E-state index in [0.717, 1.165) is 43.2 Å². The summed E-state index contributed by atoms with van der Waals surface area (Å²) >= 11 is 1.60. The Balaban J connectivity index is 2.49. The molecule has 1 aliphatic carbocycles. The van der Waals surface area contributed by atoms with Crippen LogP contribution in [0.1, 0.15) is 90.3 Å². The van der Waals surface area contributed by atoms with Crippen molar-refractivity contribution in [1.29, 1.82) is 0 Å². The Morgan fingerprint density at radius 3 is 2.46 bits per heavy atom. The molecule has 37 heavy (non-hydrogen) atoms. The molecule has 206 valence electrons. The number of hydrogen-bond donors (Lipinski definition) is 2. The third kappa shape index (κ3) is 9.40. The Labute approximate surface area is 227 Å². The topological polar surface area (TPSA) is 87.7 Å². The molecule has 0 radical (unpaired) electrons. The number of nitrogens with zero attached hydrogens (tertiary/aromatic N) is 1. The van der Waals surface area contributed by atoms with E-state index in [2.05, 4.69) is 24.1 Å². The molecular formula is C29H45N3O4S. The maximum Gasteiger partial charge on any atom is 0.408 e. The van der Waals surface area contributed by atoms with Gasteiger partial charge in [0.1, 0.15) is 17.7 Å². The molecule has 7 nitrogen and oxygen atoms in total. The summed E-state index contributed by atoms with van der Waals surface area (Å²) in [5, 5.41) is 5.94. The molecule has 1 aliphatic rings. The lowest BCUT2D eigenvalue weighted by Gasteiger charge is -2.44. The van der Waals surface area contributed by atoms with Gasteiger partial charge in [0, 0.05) is 12.1 Å². The Bertz CT molecular complexity index is 926. The molecule has 3 atom stereocenters. The van der Waals surface area contributed by atoms with Gasteiger partial charge in [-0.2, -0.15) is 11.8 Å². The second kappa shape index (κ2) is 14.5. The fourth-order valence-electron chi connectivity index (χ4n) is 4.43. The fraction of sp³-hybridized carbons (Fsp3) is 0.621. The van der Waals surface area contributed by atoms with Crippen molar-refractivity contribution in [2.24, 2.45) is 0 Å². The van der Waals surface area contributed by atoms with E-state index in [1.165, 1.54) is 0 Å². The molecule has 2 N–H and O–H groups in total. The van der Waals surface area contributed by atoms with Gasteiger partial charge in [-0.1, -0.05) is 44.2 Å². The van der Waals surface area contributed by atoms with Gasteiger partial charge in [0.15, 0.2) is 0 Å². The van der Waals surface area contributed by atoms with E-state index in [9.17, 15) is 14.4 Å². The van der Waals surface area contributed by atoms with Gasteiger partial charge in [0.2, 0.25) is 11.8 Å². The highest BCUT2D eigenvalue weighted by Gasteiger charge is 2.42. The van der Waals surface area contributed by atoms with Crippen LogP contribution in [0.2, 0.25) is 0 Å². The third-order valence-corrected chi connectivity index (χ3v) is 7.07. The first-order valence-electron chi connectivity index (χ1n) is 13.3. The van der Waals surface area contributed by atoms with Crippen LogP contribution in [0.3, 0.4) is 0 Å². The summed E-state index contributed by atoms with van der Waals surface area (Å²) in [6.45, 7) is 13.3. The number of rotatable bonds is 13. The summed E-state index contributed by atoms with van der Waals surface area (Å²) < 4.78 is 5.46. The van der Waals surface area contributed by atoms with Gasteiger partial charge >= 0.3 is 6.09 Å². The van der Waals surface area contributed by atoms with Crippen molar-refractivity contribution < 1.29 is 19.1 Å². The van der Waals surface area contributed by atoms with Crippen molar-refractivity contribution in [3.8, 4) is 0 Å². The molecule has 0 spiro atoms. The van der Waals surface area contributed by atoms with Crippen LogP contribution >= 0.6 is 11.8 Å². The third-order valence-electron chi connectivity index (χ3n) is 6.42. The second-order valence-electron chi connectivity index (χ2n) is 10.8. The summed E-state index contributed by atoms with van der Waals surface area (Å²) in [7, 11) is 0. The summed E-state index contributed by atoms with van der Waals surface area (Å²) in [6, 6.07) is 5.91. The second-order valence-corrected chi connectivity index (χ2v) is 11.8. The van der Waals surface area contributed by atoms with Crippen LogP contribution in [0.15, 0.2) is 30.8 Å². The molecular weight excluding hydrogens is 486 g/mol. The largest absolute Gasteiger partial charge is 0.444 e. The lowest BCUT2D eigenvalue weighted by Crippen LogP contribution is -2.58. The van der Waals surface area contributed by atoms with Crippen LogP contribution in [-0.2, 0) is 14.3 Å². The van der Waals surface area contributed by atoms with Gasteiger partial charge in [-0.3, -0.25) is 9.59 Å². The smallest absolute Gasteiger partial charge is 0.408 e. The van der Waals surface area contributed by atoms with Crippen molar-refractivity contribution in [1.82, 2.24) is 15.5 Å². The molecule has 1 fully saturated rings. The zero-order valence-corrected chi connectivity index (χ0v) is 24.2. The molecule has 0 saturated heterocycles. The highest BCUT2D eigenvalue weighted by atomic mass is 32.2. The Morgan fingerprint density at radius 2 is 1.92 bits per heavy atom. The molecule has 0 bridgehead atoms. The van der Waals surface area contributed by atoms with E-state index < -0.39 is 23.8 Å². The van der Waals surface area contributed by atoms with Crippen molar-refractivity contribution in [3.63, 3.8) is 0 Å². The van der Waals surface area contributed by atoms with Gasteiger partial charge in [-0.05, 0) is 89.0 Å². The average Bonchev–Trinajstić information content (AvgIpc) is 2.78. The highest BCUT2D eigenvalue weighted by molar-refractivity contribution is 7.98. The minimum Gasteiger partial charge on any atom is -0.444 e. The van der Waals surface area contributed by atoms with Crippen LogP contribution in [0.5, 0.6) is 0 Å². The number of ether oxygens (including phenoxy) is 1. The van der Waals surface area contributed by atoms with Gasteiger partial charge in [0.25, 0.3) is 0 Å². The number of hydrogen-bond acceptors (Lipinski definition) is 5. The number of carbonyl (C=O) groups excluding carboxylic acids is 3. The number of amides is 3. The Morgan fingerprint density at radius 1 is 1.22 bits per heavy atom. The first-order chi connectivity index (χ1) is 17.5. The maximum atomic E-state index is 14.2. The average molecular weight is 532 g/mol. The van der Waals surface area contributed by atoms with Gasteiger partial charge in [-0.25, -0.2) is 4.79 Å². The number of alkyl carbamates (subject to hydrolysis) is 1. The number of benzene rings is 1. The summed E-state index contributed by atoms with van der Waals surface area (Å²) in [6.07, 6.45) is 7.94. The van der Waals surface area contributed by atoms with Crippen molar-refractivity contribution in [2.75, 3.05) is 12.0 Å². The zero-order valence-electron chi connectivity index (χ0n) is 23.3. The monoisotopic (exact) mass is 531 g/mol. The quantitative estimate of drug-likeness (QED) is 0.341. The van der Waals surface area contributed by atoms with Crippen LogP contribution in [-0.4, -0.2) is 58.5 Å². The fourth-order valence-corrected chi connectivity index (χ4v) is 4.90. The van der Waals surface area contributed by atoms with Crippen LogP contribution < -0.4 is 10.6 Å². The molecule has 0 aromatic heterocycles. The molecule has 3 unspecified atom stereocenters. The molecule has 8 heteroatoms. The summed E-state index contributed by atoms with van der Waals surface area (Å²) in [5.41, 5.74) is 0.928. The first kappa shape index (κ1) is 30.7. The van der Waals surface area contributed by atoms with Crippen molar-refractivity contribution in [2.45, 2.75) is 103 Å². The Hall–Kier alpha value is -2.48. The molecule has 2 rings (SSSR count). The summed E-state index contributed by atoms with van der Waals surface area (Å²) in [4.78, 5) is 42.4. The van der Waals surface area contributed by atoms with Gasteiger partial charge in [-0.15, -0.1) is 0 Å². The van der Waals surface area contributed by atoms with E-state index >= 15 is 0 Å². The van der Waals surface area contributed by atoms with E-state index in [4.69, 9.17) is 4.74 Å². The van der Waals surface area contributed by atoms with E-state index in [-0.39, 0.29) is 23.9 Å². The molecule has 0 heterocycles. The van der Waals surface area contributed by atoms with E-state index in [1.807, 2.05) is 37.4 Å². The van der Waals surface area contributed by atoms with Crippen molar-refractivity contribution in [3.05, 3.63) is 42.0 Å². The minimum absolute atomic E-state index is 0.0203. The maximum absolute atomic E-state index is 14.2. The molecule has 3 amide bonds. The molecule has 0 aliphatic heterocycles. The van der Waals surface area contributed by atoms with Crippen LogP contribution in [0.25, 0.3) is 6.08 Å². The van der Waals surface area contributed by atoms with E-state index in [1.54, 1.807) is 43.5 Å². The molecule has 1 saturated carbocycles. The summed E-state index contributed by atoms with van der Waals surface area (Å²) in [5.74, 6) is 0.223. The van der Waals surface area contributed by atoms with Crippen LogP contribution in [0.4, 0.5) is 4.79 Å². The number of carbonyl (C=O) groups is 3. The van der Waals surface area contributed by atoms with E-state index in [0.29, 0.717) is 12.2 Å². The SMILES string of the molecule is C=Cc1cccc(C(C(=O)NC(C)CCC)N(C(=O)C(CCSC)NC(=O)OC(C)(C)C)C2CCC2)c1. The zero-order chi connectivity index (χ0) is 27.6. The first-order valence-corrected chi connectivity index (χ1v) is 14.7. The Kier molecular flexibility index (Phi) is 12.0. The predicted octanol–water partition coefficient (Wildman–Crippen LogP) is 5.70. The lowest BCUT2D eigenvalue weighted by atomic mass is 9.87. The molecule has 1 aromatic rings. The van der Waals surface area contributed by atoms with Gasteiger partial charge < -0.3 is 20.3 Å². The number of thioether (sulfide) groups is 1. The molecule has 1 aromatic carbocycles. The highest BCUT2D eigenvalue weighted by Crippen LogP contribution is 2.34. The van der Waals surface area contributed by atoms with Crippen LogP contribution in [0, 0.1) is 0 Å². The predicted molar refractivity (Wildman–Crippen MR) is 152 cm³/mol. The normalized spacial score (nSPS) is 16.1. The standard InChI is InChI=1S/C29H45N3O4S/c1-8-12-20(3)30-26(33)25(22-14-10-13-21(9-2)19-22)32(23-15-11-16-23)27(34)24(17-18-37-7)31-28(35)36-29(4,5)6/h9-10,13-14,19-20,23-25H,2,8,11-12,15-18H2,1,3-7H3,(H,30,33)(H,31,35). The van der Waals surface area contributed by atoms with Crippen molar-refractivity contribution >= 4 is 35.7 Å². The van der Waals surface area contributed by atoms with Gasteiger partial charge in [0.05, 0.1) is 0 Å².